The van der Waals surface area contributed by atoms with Crippen LogP contribution in [0.5, 0.6) is 5.75 Å². The molecular formula is C24H20N6O3S. The first-order chi connectivity index (χ1) is 16.6. The molecule has 3 aromatic carbocycles. The van der Waals surface area contributed by atoms with Gasteiger partial charge in [-0.3, -0.25) is 9.59 Å². The van der Waals surface area contributed by atoms with Crippen molar-refractivity contribution in [2.75, 3.05) is 16.9 Å². The number of amides is 2. The van der Waals surface area contributed by atoms with Gasteiger partial charge >= 0.3 is 0 Å². The van der Waals surface area contributed by atoms with E-state index < -0.39 is 6.10 Å². The predicted octanol–water partition coefficient (Wildman–Crippen LogP) is 3.58. The topological polar surface area (TPSA) is 111 Å². The van der Waals surface area contributed by atoms with E-state index >= 15 is 0 Å². The minimum absolute atomic E-state index is 0.257. The summed E-state index contributed by atoms with van der Waals surface area (Å²) in [5, 5.41) is 18.0. The number of carbonyl (C=O) groups is 2. The maximum absolute atomic E-state index is 12.9. The quantitative estimate of drug-likeness (QED) is 0.413. The summed E-state index contributed by atoms with van der Waals surface area (Å²) in [7, 11) is 0. The molecule has 10 heteroatoms. The maximum Gasteiger partial charge on any atom is 0.265 e. The summed E-state index contributed by atoms with van der Waals surface area (Å²) in [6.07, 6.45) is 1.80. The highest BCUT2D eigenvalue weighted by Gasteiger charge is 2.28. The summed E-state index contributed by atoms with van der Waals surface area (Å²) in [5.41, 5.74) is 3.25. The zero-order valence-corrected chi connectivity index (χ0v) is 19.0. The van der Waals surface area contributed by atoms with Gasteiger partial charge in [0.1, 0.15) is 5.75 Å². The zero-order valence-electron chi connectivity index (χ0n) is 18.1. The van der Waals surface area contributed by atoms with E-state index in [2.05, 4.69) is 26.2 Å². The molecule has 34 heavy (non-hydrogen) atoms. The van der Waals surface area contributed by atoms with Gasteiger partial charge in [0.25, 0.3) is 11.8 Å². The Hall–Kier alpha value is -4.18. The van der Waals surface area contributed by atoms with Gasteiger partial charge in [-0.2, -0.15) is 4.68 Å². The third-order valence-corrected chi connectivity index (χ3v) is 5.92. The van der Waals surface area contributed by atoms with Crippen molar-refractivity contribution in [2.24, 2.45) is 0 Å². The molecule has 0 spiro atoms. The van der Waals surface area contributed by atoms with Gasteiger partial charge in [0.05, 0.1) is 5.69 Å². The zero-order chi connectivity index (χ0) is 23.5. The van der Waals surface area contributed by atoms with Crippen LogP contribution in [0.15, 0.2) is 78.0 Å². The molecule has 0 aliphatic carbocycles. The van der Waals surface area contributed by atoms with Crippen molar-refractivity contribution >= 4 is 35.0 Å². The van der Waals surface area contributed by atoms with E-state index in [0.29, 0.717) is 28.5 Å². The Bertz CT molecular complexity index is 1350. The number of ether oxygens (including phenoxy) is 1. The van der Waals surface area contributed by atoms with Gasteiger partial charge in [0.2, 0.25) is 5.16 Å². The molecule has 2 amide bonds. The fourth-order valence-corrected chi connectivity index (χ4v) is 4.11. The highest BCUT2D eigenvalue weighted by atomic mass is 32.2. The number of tetrazole rings is 1. The van der Waals surface area contributed by atoms with Gasteiger partial charge in [-0.15, -0.1) is 5.10 Å². The Morgan fingerprint density at radius 2 is 1.79 bits per heavy atom. The van der Waals surface area contributed by atoms with E-state index in [1.54, 1.807) is 41.1 Å². The van der Waals surface area contributed by atoms with Crippen LogP contribution in [-0.4, -0.2) is 44.4 Å². The molecule has 0 fully saturated rings. The minimum Gasteiger partial charge on any atom is -0.480 e. The van der Waals surface area contributed by atoms with Crippen molar-refractivity contribution in [3.63, 3.8) is 0 Å². The van der Waals surface area contributed by atoms with Gasteiger partial charge in [0, 0.05) is 23.4 Å². The van der Waals surface area contributed by atoms with Gasteiger partial charge < -0.3 is 15.4 Å². The number of anilines is 2. The van der Waals surface area contributed by atoms with E-state index in [1.807, 2.05) is 42.7 Å². The number of aromatic nitrogens is 4. The summed E-state index contributed by atoms with van der Waals surface area (Å²) in [5.74, 6) is 0.163. The molecular weight excluding hydrogens is 452 g/mol. The molecule has 1 unspecified atom stereocenters. The SMILES string of the molecule is CSc1nnnn1-c1cccc(NC(=O)c2cccc(NC(=O)C3Cc4ccccc4O3)c2)c1. The lowest BCUT2D eigenvalue weighted by Crippen LogP contribution is -2.31. The van der Waals surface area contributed by atoms with E-state index in [9.17, 15) is 9.59 Å². The average molecular weight is 473 g/mol. The fraction of sp³-hybridized carbons (Fsp3) is 0.125. The van der Waals surface area contributed by atoms with Crippen LogP contribution in [0.3, 0.4) is 0 Å². The molecule has 0 bridgehead atoms. The molecule has 170 valence electrons. The lowest BCUT2D eigenvalue weighted by molar-refractivity contribution is -0.122. The van der Waals surface area contributed by atoms with Crippen molar-refractivity contribution < 1.29 is 14.3 Å². The maximum atomic E-state index is 12.9. The standard InChI is InChI=1S/C24H20N6O3S/c1-34-24-27-28-29-30(24)19-10-5-9-18(14-19)25-22(31)16-7-4-8-17(12-16)26-23(32)21-13-15-6-2-3-11-20(15)33-21/h2-12,14,21H,13H2,1H3,(H,25,31)(H,26,32). The van der Waals surface area contributed by atoms with Gasteiger partial charge in [-0.1, -0.05) is 42.1 Å². The first-order valence-corrected chi connectivity index (χ1v) is 11.7. The molecule has 2 N–H and O–H groups in total. The second-order valence-corrected chi connectivity index (χ2v) is 8.34. The molecule has 5 rings (SSSR count). The van der Waals surface area contributed by atoms with Crippen LogP contribution in [0, 0.1) is 0 Å². The van der Waals surface area contributed by atoms with Crippen LogP contribution in [0.25, 0.3) is 5.69 Å². The number of rotatable bonds is 6. The predicted molar refractivity (Wildman–Crippen MR) is 129 cm³/mol. The van der Waals surface area contributed by atoms with Crippen molar-refractivity contribution in [3.05, 3.63) is 83.9 Å². The lowest BCUT2D eigenvalue weighted by atomic mass is 10.1. The second-order valence-electron chi connectivity index (χ2n) is 7.57. The highest BCUT2D eigenvalue weighted by Crippen LogP contribution is 2.29. The van der Waals surface area contributed by atoms with Crippen LogP contribution >= 0.6 is 11.8 Å². The Kier molecular flexibility index (Phi) is 5.96. The van der Waals surface area contributed by atoms with Crippen molar-refractivity contribution in [1.29, 1.82) is 0 Å². The molecule has 1 atom stereocenters. The number of para-hydroxylation sites is 1. The number of benzene rings is 3. The average Bonchev–Trinajstić information content (AvgIpc) is 3.51. The summed E-state index contributed by atoms with van der Waals surface area (Å²) >= 11 is 1.42. The number of carbonyl (C=O) groups excluding carboxylic acids is 2. The molecule has 0 saturated carbocycles. The Balaban J connectivity index is 1.26. The number of hydrogen-bond donors (Lipinski definition) is 2. The number of nitrogens with one attached hydrogen (secondary N) is 2. The number of fused-ring (bicyclic) bond motifs is 1. The first-order valence-electron chi connectivity index (χ1n) is 10.5. The third kappa shape index (κ3) is 4.48. The van der Waals surface area contributed by atoms with Crippen LogP contribution < -0.4 is 15.4 Å². The smallest absolute Gasteiger partial charge is 0.265 e. The molecule has 0 radical (unpaired) electrons. The molecule has 0 saturated heterocycles. The minimum atomic E-state index is -0.602. The second kappa shape index (κ2) is 9.36. The molecule has 1 aromatic heterocycles. The third-order valence-electron chi connectivity index (χ3n) is 5.30. The Labute approximate surface area is 199 Å². The van der Waals surface area contributed by atoms with E-state index in [1.165, 1.54) is 11.8 Å². The fourth-order valence-electron chi connectivity index (χ4n) is 3.68. The van der Waals surface area contributed by atoms with Crippen LogP contribution in [-0.2, 0) is 11.2 Å². The van der Waals surface area contributed by atoms with Crippen molar-refractivity contribution in [3.8, 4) is 11.4 Å². The number of hydrogen-bond acceptors (Lipinski definition) is 7. The molecule has 1 aliphatic rings. The van der Waals surface area contributed by atoms with Crippen molar-refractivity contribution in [1.82, 2.24) is 20.2 Å². The van der Waals surface area contributed by atoms with Crippen molar-refractivity contribution in [2.45, 2.75) is 17.7 Å². The number of nitrogens with zero attached hydrogens (tertiary/aromatic N) is 4. The number of thioether (sulfide) groups is 1. The van der Waals surface area contributed by atoms with E-state index in [0.717, 1.165) is 17.0 Å². The summed E-state index contributed by atoms with van der Waals surface area (Å²) in [6, 6.07) is 21.6. The van der Waals surface area contributed by atoms with Gasteiger partial charge in [-0.25, -0.2) is 0 Å². The van der Waals surface area contributed by atoms with Crippen LogP contribution in [0.2, 0.25) is 0 Å². The highest BCUT2D eigenvalue weighted by molar-refractivity contribution is 7.98. The molecule has 1 aliphatic heterocycles. The Morgan fingerprint density at radius 3 is 2.62 bits per heavy atom. The normalized spacial score (nSPS) is 14.2. The molecule has 2 heterocycles. The van der Waals surface area contributed by atoms with Gasteiger partial charge in [0.15, 0.2) is 6.10 Å². The molecule has 9 nitrogen and oxygen atoms in total. The largest absolute Gasteiger partial charge is 0.480 e. The summed E-state index contributed by atoms with van der Waals surface area (Å²) in [4.78, 5) is 25.6. The Morgan fingerprint density at radius 1 is 1.00 bits per heavy atom. The van der Waals surface area contributed by atoms with Crippen LogP contribution in [0.4, 0.5) is 11.4 Å². The van der Waals surface area contributed by atoms with E-state index in [4.69, 9.17) is 4.74 Å². The first kappa shape index (κ1) is 21.7. The molecule has 4 aromatic rings. The summed E-state index contributed by atoms with van der Waals surface area (Å²) < 4.78 is 7.34. The lowest BCUT2D eigenvalue weighted by Gasteiger charge is -2.12. The van der Waals surface area contributed by atoms with Gasteiger partial charge in [-0.05, 0) is 64.7 Å². The van der Waals surface area contributed by atoms with Crippen LogP contribution in [0.1, 0.15) is 15.9 Å². The monoisotopic (exact) mass is 472 g/mol. The summed E-state index contributed by atoms with van der Waals surface area (Å²) in [6.45, 7) is 0. The van der Waals surface area contributed by atoms with E-state index in [-0.39, 0.29) is 11.8 Å².